The van der Waals surface area contributed by atoms with Gasteiger partial charge in [-0.05, 0) is 50.7 Å². The Labute approximate surface area is 169 Å². The molecular formula is C21H23ClN6. The molecule has 2 aromatic heterocycles. The first kappa shape index (κ1) is 17.6. The number of benzene rings is 1. The molecule has 1 atom stereocenters. The molecule has 0 spiro atoms. The molecule has 1 aromatic carbocycles. The summed E-state index contributed by atoms with van der Waals surface area (Å²) >= 11 is 6.22. The number of nitrogens with zero attached hydrogens (tertiary/aromatic N) is 6. The quantitative estimate of drug-likeness (QED) is 0.669. The average Bonchev–Trinajstić information content (AvgIpc) is 3.28. The SMILES string of the molecule is Clc1cccc(-c2nc3c(c(N4CCCC(n5cncn5)C4)n2)CCCC3)c1. The molecule has 28 heavy (non-hydrogen) atoms. The Morgan fingerprint density at radius 2 is 2.00 bits per heavy atom. The van der Waals surface area contributed by atoms with E-state index in [0.29, 0.717) is 11.1 Å². The van der Waals surface area contributed by atoms with Crippen molar-refractivity contribution in [3.05, 3.63) is 53.2 Å². The van der Waals surface area contributed by atoms with Gasteiger partial charge in [-0.15, -0.1) is 0 Å². The Bertz CT molecular complexity index is 971. The predicted octanol–water partition coefficient (Wildman–Crippen LogP) is 4.11. The van der Waals surface area contributed by atoms with Gasteiger partial charge in [0.2, 0.25) is 0 Å². The number of hydrogen-bond acceptors (Lipinski definition) is 5. The summed E-state index contributed by atoms with van der Waals surface area (Å²) in [4.78, 5) is 16.5. The normalized spacial score (nSPS) is 19.5. The highest BCUT2D eigenvalue weighted by atomic mass is 35.5. The number of aromatic nitrogens is 5. The van der Waals surface area contributed by atoms with Crippen molar-refractivity contribution in [3.63, 3.8) is 0 Å². The molecule has 144 valence electrons. The summed E-state index contributed by atoms with van der Waals surface area (Å²) in [5.41, 5.74) is 3.51. The maximum atomic E-state index is 6.22. The van der Waals surface area contributed by atoms with Crippen molar-refractivity contribution in [2.24, 2.45) is 0 Å². The van der Waals surface area contributed by atoms with E-state index in [1.807, 2.05) is 35.3 Å². The van der Waals surface area contributed by atoms with Crippen LogP contribution in [0.4, 0.5) is 5.82 Å². The third-order valence-corrected chi connectivity index (χ3v) is 5.99. The van der Waals surface area contributed by atoms with Crippen molar-refractivity contribution < 1.29 is 0 Å². The number of aryl methyl sites for hydroxylation is 1. The number of halogens is 1. The van der Waals surface area contributed by atoms with Crippen LogP contribution < -0.4 is 4.90 Å². The van der Waals surface area contributed by atoms with Crippen molar-refractivity contribution in [3.8, 4) is 11.4 Å². The summed E-state index contributed by atoms with van der Waals surface area (Å²) in [6, 6.07) is 8.17. The van der Waals surface area contributed by atoms with Gasteiger partial charge in [0.15, 0.2) is 5.82 Å². The van der Waals surface area contributed by atoms with Gasteiger partial charge < -0.3 is 4.90 Å². The van der Waals surface area contributed by atoms with Crippen molar-refractivity contribution in [1.29, 1.82) is 0 Å². The van der Waals surface area contributed by atoms with E-state index in [0.717, 1.165) is 56.0 Å². The maximum Gasteiger partial charge on any atom is 0.161 e. The monoisotopic (exact) mass is 394 g/mol. The third kappa shape index (κ3) is 3.37. The molecule has 3 aromatic rings. The first-order valence-corrected chi connectivity index (χ1v) is 10.4. The van der Waals surface area contributed by atoms with Gasteiger partial charge >= 0.3 is 0 Å². The van der Waals surface area contributed by atoms with Crippen LogP contribution in [0.5, 0.6) is 0 Å². The maximum absolute atomic E-state index is 6.22. The summed E-state index contributed by atoms with van der Waals surface area (Å²) in [5.74, 6) is 1.88. The van der Waals surface area contributed by atoms with E-state index in [9.17, 15) is 0 Å². The molecule has 3 heterocycles. The standard InChI is InChI=1S/C21H23ClN6/c22-16-6-3-5-15(11-16)20-25-19-9-2-1-8-18(19)21(26-20)27-10-4-7-17(12-27)28-14-23-13-24-28/h3,5-6,11,13-14,17H,1-2,4,7-10,12H2. The molecule has 1 saturated heterocycles. The van der Waals surface area contributed by atoms with E-state index >= 15 is 0 Å². The number of fused-ring (bicyclic) bond motifs is 1. The van der Waals surface area contributed by atoms with Crippen LogP contribution in [0.1, 0.15) is 43.0 Å². The second kappa shape index (κ2) is 7.51. The van der Waals surface area contributed by atoms with E-state index < -0.39 is 0 Å². The molecule has 1 unspecified atom stereocenters. The highest BCUT2D eigenvalue weighted by Crippen LogP contribution is 2.34. The second-order valence-electron chi connectivity index (χ2n) is 7.63. The Hall–Kier alpha value is -2.47. The fourth-order valence-electron chi connectivity index (χ4n) is 4.36. The van der Waals surface area contributed by atoms with Crippen LogP contribution >= 0.6 is 11.6 Å². The Morgan fingerprint density at radius 3 is 2.86 bits per heavy atom. The van der Waals surface area contributed by atoms with Crippen LogP contribution in [0, 0.1) is 0 Å². The lowest BCUT2D eigenvalue weighted by Crippen LogP contribution is -2.38. The van der Waals surface area contributed by atoms with Crippen LogP contribution in [0.15, 0.2) is 36.9 Å². The molecule has 1 aliphatic heterocycles. The van der Waals surface area contributed by atoms with Gasteiger partial charge in [0.25, 0.3) is 0 Å². The first-order valence-electron chi connectivity index (χ1n) is 10.0. The smallest absolute Gasteiger partial charge is 0.161 e. The molecule has 0 bridgehead atoms. The molecule has 0 N–H and O–H groups in total. The lowest BCUT2D eigenvalue weighted by molar-refractivity contribution is 0.373. The van der Waals surface area contributed by atoms with Gasteiger partial charge in [0.1, 0.15) is 18.5 Å². The molecule has 6 nitrogen and oxygen atoms in total. The first-order chi connectivity index (χ1) is 13.8. The molecule has 7 heteroatoms. The largest absolute Gasteiger partial charge is 0.354 e. The zero-order chi connectivity index (χ0) is 18.9. The molecule has 5 rings (SSSR count). The van der Waals surface area contributed by atoms with Crippen molar-refractivity contribution in [2.75, 3.05) is 18.0 Å². The number of piperidine rings is 1. The fourth-order valence-corrected chi connectivity index (χ4v) is 4.55. The minimum atomic E-state index is 0.333. The molecule has 0 saturated carbocycles. The molecular weight excluding hydrogens is 372 g/mol. The molecule has 1 aliphatic carbocycles. The van der Waals surface area contributed by atoms with Crippen LogP contribution in [0.3, 0.4) is 0 Å². The third-order valence-electron chi connectivity index (χ3n) is 5.75. The predicted molar refractivity (Wildman–Crippen MR) is 110 cm³/mol. The van der Waals surface area contributed by atoms with Gasteiger partial charge in [-0.3, -0.25) is 0 Å². The summed E-state index contributed by atoms with van der Waals surface area (Å²) in [6.45, 7) is 1.92. The zero-order valence-corrected chi connectivity index (χ0v) is 16.5. The van der Waals surface area contributed by atoms with Crippen LogP contribution in [-0.2, 0) is 12.8 Å². The number of anilines is 1. The number of rotatable bonds is 3. The topological polar surface area (TPSA) is 59.7 Å². The van der Waals surface area contributed by atoms with E-state index in [1.54, 1.807) is 6.33 Å². The van der Waals surface area contributed by atoms with Crippen LogP contribution in [0.25, 0.3) is 11.4 Å². The lowest BCUT2D eigenvalue weighted by atomic mass is 9.95. The summed E-state index contributed by atoms with van der Waals surface area (Å²) < 4.78 is 1.98. The van der Waals surface area contributed by atoms with Gasteiger partial charge in [-0.25, -0.2) is 19.6 Å². The summed E-state index contributed by atoms with van der Waals surface area (Å²) in [6.07, 6.45) is 10.2. The Kier molecular flexibility index (Phi) is 4.72. The van der Waals surface area contributed by atoms with E-state index in [2.05, 4.69) is 15.0 Å². The number of hydrogen-bond donors (Lipinski definition) is 0. The summed E-state index contributed by atoms with van der Waals surface area (Å²) in [5, 5.41) is 5.07. The van der Waals surface area contributed by atoms with E-state index in [1.165, 1.54) is 24.1 Å². The van der Waals surface area contributed by atoms with Crippen molar-refractivity contribution in [2.45, 2.75) is 44.6 Å². The van der Waals surface area contributed by atoms with E-state index in [-0.39, 0.29) is 0 Å². The van der Waals surface area contributed by atoms with E-state index in [4.69, 9.17) is 21.6 Å². The van der Waals surface area contributed by atoms with Crippen molar-refractivity contribution in [1.82, 2.24) is 24.7 Å². The van der Waals surface area contributed by atoms with Crippen LogP contribution in [-0.4, -0.2) is 37.8 Å². The summed E-state index contributed by atoms with van der Waals surface area (Å²) in [7, 11) is 0. The highest BCUT2D eigenvalue weighted by molar-refractivity contribution is 6.30. The van der Waals surface area contributed by atoms with Gasteiger partial charge in [0.05, 0.1) is 6.04 Å². The molecule has 2 aliphatic rings. The molecule has 0 amide bonds. The van der Waals surface area contributed by atoms with Crippen LogP contribution in [0.2, 0.25) is 5.02 Å². The average molecular weight is 395 g/mol. The second-order valence-corrected chi connectivity index (χ2v) is 8.07. The fraction of sp³-hybridized carbons (Fsp3) is 0.429. The van der Waals surface area contributed by atoms with Gasteiger partial charge in [0, 0.05) is 34.9 Å². The van der Waals surface area contributed by atoms with Crippen molar-refractivity contribution >= 4 is 17.4 Å². The Morgan fingerprint density at radius 1 is 1.07 bits per heavy atom. The molecule has 1 fully saturated rings. The van der Waals surface area contributed by atoms with Gasteiger partial charge in [-0.1, -0.05) is 23.7 Å². The lowest BCUT2D eigenvalue weighted by Gasteiger charge is -2.35. The minimum absolute atomic E-state index is 0.333. The van der Waals surface area contributed by atoms with Gasteiger partial charge in [-0.2, -0.15) is 5.10 Å². The minimum Gasteiger partial charge on any atom is -0.354 e. The Balaban J connectivity index is 1.55. The molecule has 0 radical (unpaired) electrons. The highest BCUT2D eigenvalue weighted by Gasteiger charge is 2.27. The zero-order valence-electron chi connectivity index (χ0n) is 15.8.